The van der Waals surface area contributed by atoms with Gasteiger partial charge in [-0.15, -0.1) is 20.4 Å². The molecule has 21 atom stereocenters. The van der Waals surface area contributed by atoms with E-state index in [-0.39, 0.29) is 86.7 Å². The molecule has 8 aromatic rings. The molecule has 4 aromatic carbocycles. The van der Waals surface area contributed by atoms with Crippen molar-refractivity contribution in [2.24, 2.45) is 20.0 Å². The Labute approximate surface area is 705 Å². The summed E-state index contributed by atoms with van der Waals surface area (Å²) in [6.45, 7) is 13.6. The Morgan fingerprint density at radius 2 is 0.742 bits per heavy atom. The Balaban J connectivity index is 0.000000138. The maximum atomic E-state index is 10.5. The van der Waals surface area contributed by atoms with Gasteiger partial charge in [0.25, 0.3) is 0 Å². The number of hydrogen-bond donors (Lipinski definition) is 15. The van der Waals surface area contributed by atoms with Crippen molar-refractivity contribution in [1.29, 1.82) is 5.26 Å². The normalized spacial score (nSPS) is 29.8. The van der Waals surface area contributed by atoms with Crippen LogP contribution in [0.1, 0.15) is 80.2 Å². The number of amidine groups is 4. The van der Waals surface area contributed by atoms with E-state index in [1.165, 1.54) is 53.1 Å². The highest BCUT2D eigenvalue weighted by Gasteiger charge is 2.53. The molecule has 15 N–H and O–H groups in total. The van der Waals surface area contributed by atoms with Gasteiger partial charge in [0.05, 0.1) is 99.5 Å². The molecule has 8 aliphatic rings. The van der Waals surface area contributed by atoms with Gasteiger partial charge in [0.1, 0.15) is 173 Å². The third kappa shape index (κ3) is 22.9. The number of aliphatic imine (C=N–C) groups is 4. The van der Waals surface area contributed by atoms with Gasteiger partial charge in [0.2, 0.25) is 0 Å². The average Bonchev–Trinajstić information content (AvgIpc) is 1.61. The quantitative estimate of drug-likeness (QED) is 0.0354. The van der Waals surface area contributed by atoms with Gasteiger partial charge < -0.3 is 115 Å². The van der Waals surface area contributed by atoms with Crippen LogP contribution in [0.5, 0.6) is 28.7 Å². The number of aromatic hydroxyl groups is 1. The van der Waals surface area contributed by atoms with Crippen LogP contribution in [-0.2, 0) is 78.2 Å². The van der Waals surface area contributed by atoms with Crippen LogP contribution in [0.15, 0.2) is 142 Å². The SMILES string of the molecule is CCN=C1N[C@@H]2[C@@H](O)[C@H](O)[C@@H](Cn3cc(COc4cccc(C#N)c4)nn3)O[C@@H]2S1.CCN=C1N[C@@H]2[C@@H](O)[C@H](O)[C@@H](Cn3cc(COc4cccc(C(C)O)c4)nn3)O[C@@H]2S1.CCN=C1N[C@@H]2[C@@H](O)[C@H](O)[C@@H](Cn3cc(COc4cccc(CO)c4)nn3)O[C@@H]2S1.CCN=C1N[C@@H]2[C@@H](O)[C@H](O)[C@@H](Cn3cc(COc4cccc(O)c4)nn3)O[C@@H]2S1. The predicted molar refractivity (Wildman–Crippen MR) is 439 cm³/mol. The summed E-state index contributed by atoms with van der Waals surface area (Å²) >= 11 is 5.65. The Bertz CT molecular complexity index is 4830. The fraction of sp³-hybridized carbons (Fsp3) is 0.513. The number of rotatable bonds is 26. The third-order valence-corrected chi connectivity index (χ3v) is 24.1. The van der Waals surface area contributed by atoms with Gasteiger partial charge in [-0.25, -0.2) is 18.7 Å². The van der Waals surface area contributed by atoms with Gasteiger partial charge in [-0.2, -0.15) is 5.26 Å². The first-order chi connectivity index (χ1) is 58.1. The van der Waals surface area contributed by atoms with Gasteiger partial charge >= 0.3 is 0 Å². The molecule has 8 fully saturated rings. The molecule has 0 spiro atoms. The average molecular weight is 1740 g/mol. The highest BCUT2D eigenvalue weighted by atomic mass is 32.2. The van der Waals surface area contributed by atoms with E-state index in [0.29, 0.717) is 98.2 Å². The van der Waals surface area contributed by atoms with Crippen LogP contribution in [0.2, 0.25) is 0 Å². The zero-order chi connectivity index (χ0) is 84.5. The number of aliphatic hydroxyl groups is 10. The highest BCUT2D eigenvalue weighted by molar-refractivity contribution is 8.15. The molecule has 0 aliphatic carbocycles. The molecule has 0 bridgehead atoms. The lowest BCUT2D eigenvalue weighted by Crippen LogP contribution is -2.59. The van der Waals surface area contributed by atoms with E-state index in [1.54, 1.807) is 111 Å². The maximum Gasteiger partial charge on any atom is 0.159 e. The first-order valence-electron chi connectivity index (χ1n) is 38.9. The number of thioether (sulfide) groups is 4. The van der Waals surface area contributed by atoms with Crippen molar-refractivity contribution in [2.75, 3.05) is 26.2 Å². The number of nitriles is 1. The molecule has 1 unspecified atom stereocenters. The molecule has 44 heteroatoms. The molecule has 12 heterocycles. The number of hydrogen-bond acceptors (Lipinski definition) is 36. The third-order valence-electron chi connectivity index (χ3n) is 19.6. The summed E-state index contributed by atoms with van der Waals surface area (Å²) < 4.78 is 52.9. The summed E-state index contributed by atoms with van der Waals surface area (Å²) in [6, 6.07) is 28.2. The largest absolute Gasteiger partial charge is 0.508 e. The van der Waals surface area contributed by atoms with E-state index in [0.717, 1.165) is 11.1 Å². The first kappa shape index (κ1) is 88.4. The molecule has 0 saturated carbocycles. The number of aromatic nitrogens is 12. The predicted octanol–water partition coefficient (Wildman–Crippen LogP) is 0.662. The summed E-state index contributed by atoms with van der Waals surface area (Å²) in [4.78, 5) is 17.3. The molecule has 40 nitrogen and oxygen atoms in total. The van der Waals surface area contributed by atoms with Gasteiger partial charge in [-0.3, -0.25) is 20.0 Å². The standard InChI is InChI=1S/C20H27N5O5S.C19H22N6O4S.C19H25N5O5S.C18H23N5O5S/c1-3-21-20-22-16-18(28)17(27)15(30-19(16)31-20)9-25-8-13(23-24-25)10-29-14-6-4-5-12(7-14)11(2)26;1-2-21-19-22-15-17(27)16(26)14(29-18(15)30-19)9-25-8-12(23-24-25)10-28-13-5-3-4-11(6-13)7-20;1-2-20-19-21-15-17(27)16(26)14(29-18(15)30-19)8-24-7-12(22-23-24)10-28-13-5-3-4-11(6-13)9-25;1-2-19-18-20-14-16(26)15(25)13(28-17(14)29-18)8-23-7-10(21-22-23)9-27-12-5-3-4-11(24)6-12/h4-8,11,15-19,26-28H,3,9-10H2,1-2H3,(H,21,22);3-6,8,14-18,26-27H,2,9-10H2,1H3,(H,21,22);3-7,14-18,25-27H,2,8-10H2,1H3,(H,20,21);3-7,13-17,24-26H,2,8-9H2,1H3,(H,19,20)/t11?,15-,16-,17-,18-,19-;2*14-,15-,16-,17-,18-;13-,14-,15-,16-,17-/m1111/s1. The minimum absolute atomic E-state index is 0.0512. The number of fused-ring (bicyclic) bond motifs is 4. The molecular formula is C76H97N21O19S4. The van der Waals surface area contributed by atoms with E-state index < -0.39 is 104 Å². The Morgan fingerprint density at radius 3 is 1.06 bits per heavy atom. The number of benzene rings is 4. The van der Waals surface area contributed by atoms with Crippen LogP contribution in [0.3, 0.4) is 0 Å². The lowest BCUT2D eigenvalue weighted by molar-refractivity contribution is -0.160. The van der Waals surface area contributed by atoms with Crippen molar-refractivity contribution in [3.8, 4) is 34.8 Å². The van der Waals surface area contributed by atoms with Gasteiger partial charge in [-0.1, -0.05) is 104 Å². The monoisotopic (exact) mass is 1740 g/mol. The molecule has 8 saturated heterocycles. The molecule has 8 aliphatic heterocycles. The molecule has 0 amide bonds. The topological polar surface area (TPSA) is 541 Å². The van der Waals surface area contributed by atoms with Crippen LogP contribution in [0.25, 0.3) is 0 Å². The number of phenolic OH excluding ortho intramolecular Hbond substituents is 1. The van der Waals surface area contributed by atoms with Gasteiger partial charge in [0.15, 0.2) is 20.7 Å². The van der Waals surface area contributed by atoms with Crippen molar-refractivity contribution in [3.05, 3.63) is 161 Å². The van der Waals surface area contributed by atoms with Crippen molar-refractivity contribution >= 4 is 67.7 Å². The van der Waals surface area contributed by atoms with Crippen LogP contribution in [-0.4, -0.2) is 282 Å². The molecule has 4 aromatic heterocycles. The van der Waals surface area contributed by atoms with E-state index >= 15 is 0 Å². The summed E-state index contributed by atoms with van der Waals surface area (Å²) in [6.07, 6.45) is -4.47. The Morgan fingerprint density at radius 1 is 0.433 bits per heavy atom. The highest BCUT2D eigenvalue weighted by Crippen LogP contribution is 2.39. The number of phenols is 1. The second kappa shape index (κ2) is 42.0. The lowest BCUT2D eigenvalue weighted by Gasteiger charge is -2.38. The number of ether oxygens (including phenoxy) is 8. The minimum atomic E-state index is -1.07. The smallest absolute Gasteiger partial charge is 0.159 e. The zero-order valence-corrected chi connectivity index (χ0v) is 69.1. The summed E-state index contributed by atoms with van der Waals surface area (Å²) in [7, 11) is 0. The number of nitrogens with zero attached hydrogens (tertiary/aromatic N) is 17. The lowest BCUT2D eigenvalue weighted by atomic mass is 9.98. The Kier molecular flexibility index (Phi) is 30.9. The van der Waals surface area contributed by atoms with Crippen molar-refractivity contribution in [3.63, 3.8) is 0 Å². The molecule has 120 heavy (non-hydrogen) atoms. The van der Waals surface area contributed by atoms with E-state index in [1.807, 2.05) is 58.0 Å². The molecular weight excluding hydrogens is 1640 g/mol. The second-order valence-corrected chi connectivity index (χ2v) is 32.8. The first-order valence-corrected chi connectivity index (χ1v) is 42.4. The van der Waals surface area contributed by atoms with E-state index in [4.69, 9.17) is 43.2 Å². The van der Waals surface area contributed by atoms with E-state index in [2.05, 4.69) is 88.6 Å². The van der Waals surface area contributed by atoms with Crippen molar-refractivity contribution in [1.82, 2.24) is 81.2 Å². The molecule has 0 radical (unpaired) electrons. The summed E-state index contributed by atoms with van der Waals surface area (Å²) in [5, 5.41) is 169. The summed E-state index contributed by atoms with van der Waals surface area (Å²) in [5.74, 6) is 2.47. The second-order valence-electron chi connectivity index (χ2n) is 28.4. The van der Waals surface area contributed by atoms with Crippen molar-refractivity contribution in [2.45, 2.75) is 219 Å². The van der Waals surface area contributed by atoms with Crippen LogP contribution in [0.4, 0.5) is 0 Å². The summed E-state index contributed by atoms with van der Waals surface area (Å²) in [5.41, 5.74) is 3.13. The fourth-order valence-corrected chi connectivity index (χ4v) is 18.4. The maximum absolute atomic E-state index is 10.5. The number of nitrogens with one attached hydrogen (secondary N) is 4. The van der Waals surface area contributed by atoms with Gasteiger partial charge in [0, 0.05) is 32.2 Å². The fourth-order valence-electron chi connectivity index (χ4n) is 13.6. The van der Waals surface area contributed by atoms with Crippen LogP contribution >= 0.6 is 47.0 Å². The zero-order valence-electron chi connectivity index (χ0n) is 65.8. The van der Waals surface area contributed by atoms with Crippen LogP contribution in [0, 0.1) is 11.3 Å². The number of aliphatic hydroxyl groups excluding tert-OH is 10. The Hall–Kier alpha value is -9.35. The molecule has 644 valence electrons. The minimum Gasteiger partial charge on any atom is -0.508 e. The molecule has 16 rings (SSSR count). The van der Waals surface area contributed by atoms with Crippen molar-refractivity contribution < 1.29 is 94.1 Å². The van der Waals surface area contributed by atoms with Gasteiger partial charge in [-0.05, 0) is 100 Å². The van der Waals surface area contributed by atoms with E-state index in [9.17, 15) is 56.2 Å². The van der Waals surface area contributed by atoms with Crippen LogP contribution < -0.4 is 40.2 Å².